The maximum absolute atomic E-state index is 11.9. The lowest BCUT2D eigenvalue weighted by atomic mass is 10.0. The van der Waals surface area contributed by atoms with Crippen LogP contribution in [0.3, 0.4) is 0 Å². The van der Waals surface area contributed by atoms with Crippen LogP contribution >= 0.6 is 0 Å². The smallest absolute Gasteiger partial charge is 0.228 e. The Morgan fingerprint density at radius 3 is 2.79 bits per heavy atom. The number of likely N-dealkylation sites (tertiary alicyclic amines) is 1. The summed E-state index contributed by atoms with van der Waals surface area (Å²) < 4.78 is 0. The molecule has 2 fully saturated rings. The van der Waals surface area contributed by atoms with Gasteiger partial charge in [0.1, 0.15) is 0 Å². The number of aliphatic hydroxyl groups is 1. The molecule has 0 aromatic carbocycles. The van der Waals surface area contributed by atoms with Gasteiger partial charge in [0.2, 0.25) is 5.91 Å². The van der Waals surface area contributed by atoms with Gasteiger partial charge in [-0.15, -0.1) is 0 Å². The first kappa shape index (κ1) is 9.93. The second-order valence-corrected chi connectivity index (χ2v) is 4.34. The van der Waals surface area contributed by atoms with E-state index in [9.17, 15) is 9.90 Å². The molecule has 0 aromatic rings. The molecule has 0 radical (unpaired) electrons. The summed E-state index contributed by atoms with van der Waals surface area (Å²) in [5.41, 5.74) is 0. The van der Waals surface area contributed by atoms with Crippen LogP contribution in [0.15, 0.2) is 0 Å². The van der Waals surface area contributed by atoms with Crippen molar-refractivity contribution in [2.45, 2.75) is 31.9 Å². The Bertz CT molecular complexity index is 226. The fourth-order valence-corrected chi connectivity index (χ4v) is 2.27. The number of nitrogens with one attached hydrogen (secondary N) is 1. The van der Waals surface area contributed by atoms with Gasteiger partial charge in [-0.05, 0) is 19.8 Å². The van der Waals surface area contributed by atoms with Crippen molar-refractivity contribution < 1.29 is 9.90 Å². The lowest BCUT2D eigenvalue weighted by molar-refractivity contribution is -0.139. The van der Waals surface area contributed by atoms with Crippen LogP contribution in [0.1, 0.15) is 19.8 Å². The molecule has 2 heterocycles. The lowest BCUT2D eigenvalue weighted by Crippen LogP contribution is -2.54. The Labute approximate surface area is 84.3 Å². The Morgan fingerprint density at radius 2 is 2.29 bits per heavy atom. The molecule has 2 N–H and O–H groups in total. The van der Waals surface area contributed by atoms with Gasteiger partial charge in [-0.25, -0.2) is 0 Å². The molecule has 0 bridgehead atoms. The molecule has 2 aliphatic heterocycles. The number of carbonyl (C=O) groups excluding carboxylic acids is 1. The summed E-state index contributed by atoms with van der Waals surface area (Å²) in [5.74, 6) is 0.390. The zero-order valence-corrected chi connectivity index (χ0v) is 8.57. The van der Waals surface area contributed by atoms with Gasteiger partial charge in [-0.3, -0.25) is 4.79 Å². The highest BCUT2D eigenvalue weighted by Gasteiger charge is 2.37. The second kappa shape index (κ2) is 3.87. The summed E-state index contributed by atoms with van der Waals surface area (Å²) in [6.07, 6.45) is 1.58. The second-order valence-electron chi connectivity index (χ2n) is 4.34. The van der Waals surface area contributed by atoms with Gasteiger partial charge < -0.3 is 15.3 Å². The van der Waals surface area contributed by atoms with E-state index in [2.05, 4.69) is 5.32 Å². The number of aliphatic hydroxyl groups excluding tert-OH is 1. The summed E-state index contributed by atoms with van der Waals surface area (Å²) in [6.45, 7) is 4.21. The topological polar surface area (TPSA) is 52.6 Å². The molecular weight excluding hydrogens is 180 g/mol. The van der Waals surface area contributed by atoms with Crippen LogP contribution < -0.4 is 5.32 Å². The van der Waals surface area contributed by atoms with Crippen molar-refractivity contribution in [3.63, 3.8) is 0 Å². The van der Waals surface area contributed by atoms with Gasteiger partial charge in [-0.1, -0.05) is 0 Å². The third-order valence-corrected chi connectivity index (χ3v) is 3.27. The van der Waals surface area contributed by atoms with E-state index in [1.165, 1.54) is 0 Å². The third-order valence-electron chi connectivity index (χ3n) is 3.27. The molecule has 2 atom stereocenters. The SMILES string of the molecule is C[C@@H](O)[C@H]1CCCN1C(=O)C1CNC1. The number of amides is 1. The van der Waals surface area contributed by atoms with Crippen molar-refractivity contribution >= 4 is 5.91 Å². The minimum absolute atomic E-state index is 0.0584. The summed E-state index contributed by atoms with van der Waals surface area (Å²) in [5, 5.41) is 12.6. The molecule has 2 rings (SSSR count). The average molecular weight is 198 g/mol. The first-order valence-electron chi connectivity index (χ1n) is 5.39. The molecule has 2 aliphatic rings. The monoisotopic (exact) mass is 198 g/mol. The summed E-state index contributed by atoms with van der Waals surface area (Å²) in [4.78, 5) is 13.8. The van der Waals surface area contributed by atoms with E-state index >= 15 is 0 Å². The van der Waals surface area contributed by atoms with E-state index in [1.54, 1.807) is 6.92 Å². The normalized spacial score (nSPS) is 30.1. The van der Waals surface area contributed by atoms with Crippen LogP contribution in [-0.4, -0.2) is 47.7 Å². The molecule has 1 amide bonds. The van der Waals surface area contributed by atoms with Crippen LogP contribution in [0.2, 0.25) is 0 Å². The van der Waals surface area contributed by atoms with Crippen LogP contribution in [-0.2, 0) is 4.79 Å². The highest BCUT2D eigenvalue weighted by atomic mass is 16.3. The molecule has 0 unspecified atom stereocenters. The largest absolute Gasteiger partial charge is 0.391 e. The average Bonchev–Trinajstić information content (AvgIpc) is 2.47. The molecule has 4 nitrogen and oxygen atoms in total. The molecule has 2 saturated heterocycles. The van der Waals surface area contributed by atoms with E-state index in [0.29, 0.717) is 0 Å². The Kier molecular flexibility index (Phi) is 2.74. The molecular formula is C10H18N2O2. The van der Waals surface area contributed by atoms with Crippen molar-refractivity contribution in [2.75, 3.05) is 19.6 Å². The molecule has 0 aliphatic carbocycles. The quantitative estimate of drug-likeness (QED) is 0.633. The first-order valence-corrected chi connectivity index (χ1v) is 5.39. The molecule has 0 spiro atoms. The maximum Gasteiger partial charge on any atom is 0.228 e. The number of hydrogen-bond acceptors (Lipinski definition) is 3. The van der Waals surface area contributed by atoms with Gasteiger partial charge in [-0.2, -0.15) is 0 Å². The number of rotatable bonds is 2. The van der Waals surface area contributed by atoms with E-state index in [-0.39, 0.29) is 17.9 Å². The van der Waals surface area contributed by atoms with Crippen molar-refractivity contribution in [1.29, 1.82) is 0 Å². The van der Waals surface area contributed by atoms with Crippen LogP contribution in [0.25, 0.3) is 0 Å². The highest BCUT2D eigenvalue weighted by molar-refractivity contribution is 5.80. The highest BCUT2D eigenvalue weighted by Crippen LogP contribution is 2.23. The fourth-order valence-electron chi connectivity index (χ4n) is 2.27. The lowest BCUT2D eigenvalue weighted by Gasteiger charge is -2.34. The van der Waals surface area contributed by atoms with E-state index in [1.807, 2.05) is 4.90 Å². The number of carbonyl (C=O) groups is 1. The Morgan fingerprint density at radius 1 is 1.57 bits per heavy atom. The molecule has 0 aromatic heterocycles. The van der Waals surface area contributed by atoms with Crippen molar-refractivity contribution in [1.82, 2.24) is 10.2 Å². The summed E-state index contributed by atoms with van der Waals surface area (Å²) in [7, 11) is 0. The predicted octanol–water partition coefficient (Wildman–Crippen LogP) is -0.422. The first-order chi connectivity index (χ1) is 6.70. The fraction of sp³-hybridized carbons (Fsp3) is 0.900. The van der Waals surface area contributed by atoms with Crippen molar-refractivity contribution in [3.05, 3.63) is 0 Å². The van der Waals surface area contributed by atoms with E-state index in [4.69, 9.17) is 0 Å². The van der Waals surface area contributed by atoms with Crippen molar-refractivity contribution in [2.24, 2.45) is 5.92 Å². The van der Waals surface area contributed by atoms with Gasteiger partial charge in [0.05, 0.1) is 18.1 Å². The number of hydrogen-bond donors (Lipinski definition) is 2. The predicted molar refractivity (Wildman–Crippen MR) is 52.8 cm³/mol. The van der Waals surface area contributed by atoms with Crippen molar-refractivity contribution in [3.8, 4) is 0 Å². The Balaban J connectivity index is 1.97. The number of nitrogens with zero attached hydrogens (tertiary/aromatic N) is 1. The minimum atomic E-state index is -0.394. The van der Waals surface area contributed by atoms with E-state index < -0.39 is 6.10 Å². The Hall–Kier alpha value is -0.610. The van der Waals surface area contributed by atoms with Crippen LogP contribution in [0.4, 0.5) is 0 Å². The van der Waals surface area contributed by atoms with Gasteiger partial charge in [0, 0.05) is 19.6 Å². The molecule has 80 valence electrons. The van der Waals surface area contributed by atoms with E-state index in [0.717, 1.165) is 32.5 Å². The molecule has 0 saturated carbocycles. The summed E-state index contributed by atoms with van der Waals surface area (Å²) in [6, 6.07) is 0.0584. The van der Waals surface area contributed by atoms with Gasteiger partial charge >= 0.3 is 0 Å². The zero-order chi connectivity index (χ0) is 10.1. The standard InChI is InChI=1S/C10H18N2O2/c1-7(13)9-3-2-4-12(9)10(14)8-5-11-6-8/h7-9,11,13H,2-6H2,1H3/t7-,9-/m1/s1. The summed E-state index contributed by atoms with van der Waals surface area (Å²) >= 11 is 0. The van der Waals surface area contributed by atoms with Gasteiger partial charge in [0.25, 0.3) is 0 Å². The van der Waals surface area contributed by atoms with Crippen LogP contribution in [0, 0.1) is 5.92 Å². The van der Waals surface area contributed by atoms with Crippen LogP contribution in [0.5, 0.6) is 0 Å². The maximum atomic E-state index is 11.9. The minimum Gasteiger partial charge on any atom is -0.391 e. The zero-order valence-electron chi connectivity index (χ0n) is 8.57. The molecule has 4 heteroatoms. The third kappa shape index (κ3) is 1.64. The molecule has 14 heavy (non-hydrogen) atoms. The van der Waals surface area contributed by atoms with Gasteiger partial charge in [0.15, 0.2) is 0 Å².